The molecule has 1 fully saturated rings. The summed E-state index contributed by atoms with van der Waals surface area (Å²) in [6.45, 7) is 0. The van der Waals surface area contributed by atoms with E-state index in [2.05, 4.69) is 0 Å². The fraction of sp³-hybridized carbons (Fsp3) is 0.273. The highest BCUT2D eigenvalue weighted by Crippen LogP contribution is 2.31. The Balaban J connectivity index is 2.06. The molecule has 0 bridgehead atoms. The van der Waals surface area contributed by atoms with Gasteiger partial charge in [-0.2, -0.15) is 0 Å². The van der Waals surface area contributed by atoms with Crippen LogP contribution in [0.3, 0.4) is 0 Å². The lowest BCUT2D eigenvalue weighted by Crippen LogP contribution is -2.02. The minimum absolute atomic E-state index is 0.567. The summed E-state index contributed by atoms with van der Waals surface area (Å²) in [7, 11) is 0. The van der Waals surface area contributed by atoms with Gasteiger partial charge in [0, 0.05) is 0 Å². The third-order valence-electron chi connectivity index (χ3n) is 2.19. The summed E-state index contributed by atoms with van der Waals surface area (Å²) in [5, 5.41) is 0.567. The number of hydrogen-bond acceptors (Lipinski definition) is 1. The van der Waals surface area contributed by atoms with Crippen LogP contribution >= 0.6 is 11.6 Å². The molecule has 0 spiro atoms. The van der Waals surface area contributed by atoms with Gasteiger partial charge in [-0.25, -0.2) is 0 Å². The molecule has 0 aromatic heterocycles. The second kappa shape index (κ2) is 3.84. The Bertz CT molecular complexity index is 310. The fourth-order valence-electron chi connectivity index (χ4n) is 1.21. The molecule has 0 N–H and O–H groups in total. The zero-order valence-electron chi connectivity index (χ0n) is 7.29. The predicted molar refractivity (Wildman–Crippen MR) is 53.8 cm³/mol. The SMILES string of the molecule is ClC(Oc1ccccc1)=C1CCC1. The molecule has 1 aliphatic rings. The molecule has 1 aromatic carbocycles. The second-order valence-electron chi connectivity index (χ2n) is 3.15. The molecule has 1 saturated carbocycles. The van der Waals surface area contributed by atoms with Gasteiger partial charge in [-0.05, 0) is 48.6 Å². The molecule has 13 heavy (non-hydrogen) atoms. The largest absolute Gasteiger partial charge is 0.445 e. The third kappa shape index (κ3) is 2.04. The average Bonchev–Trinajstić information content (AvgIpc) is 2.02. The van der Waals surface area contributed by atoms with Crippen molar-refractivity contribution in [1.29, 1.82) is 0 Å². The average molecular weight is 195 g/mol. The first-order chi connectivity index (χ1) is 6.36. The van der Waals surface area contributed by atoms with Gasteiger partial charge in [-0.15, -0.1) is 0 Å². The summed E-state index contributed by atoms with van der Waals surface area (Å²) in [4.78, 5) is 0. The van der Waals surface area contributed by atoms with E-state index in [1.165, 1.54) is 12.0 Å². The highest BCUT2D eigenvalue weighted by molar-refractivity contribution is 6.28. The lowest BCUT2D eigenvalue weighted by atomic mass is 9.94. The summed E-state index contributed by atoms with van der Waals surface area (Å²) in [5.41, 5.74) is 1.24. The molecule has 0 aliphatic heterocycles. The van der Waals surface area contributed by atoms with Crippen LogP contribution in [0.1, 0.15) is 19.3 Å². The van der Waals surface area contributed by atoms with Gasteiger partial charge in [0.2, 0.25) is 0 Å². The van der Waals surface area contributed by atoms with Crippen molar-refractivity contribution in [2.24, 2.45) is 0 Å². The van der Waals surface area contributed by atoms with E-state index in [9.17, 15) is 0 Å². The minimum Gasteiger partial charge on any atom is -0.445 e. The van der Waals surface area contributed by atoms with Crippen LogP contribution in [0.15, 0.2) is 41.1 Å². The number of rotatable bonds is 2. The maximum Gasteiger partial charge on any atom is 0.192 e. The van der Waals surface area contributed by atoms with Gasteiger partial charge in [-0.1, -0.05) is 18.2 Å². The fourth-order valence-corrected chi connectivity index (χ4v) is 1.49. The molecular weight excluding hydrogens is 184 g/mol. The predicted octanol–water partition coefficient (Wildman–Crippen LogP) is 3.70. The van der Waals surface area contributed by atoms with Crippen molar-refractivity contribution in [2.45, 2.75) is 19.3 Å². The van der Waals surface area contributed by atoms with E-state index in [0.29, 0.717) is 5.22 Å². The molecule has 1 nitrogen and oxygen atoms in total. The van der Waals surface area contributed by atoms with Crippen LogP contribution < -0.4 is 4.74 Å². The van der Waals surface area contributed by atoms with Crippen molar-refractivity contribution < 1.29 is 4.74 Å². The van der Waals surface area contributed by atoms with E-state index in [-0.39, 0.29) is 0 Å². The van der Waals surface area contributed by atoms with Gasteiger partial charge < -0.3 is 4.74 Å². The molecule has 0 unspecified atom stereocenters. The minimum atomic E-state index is 0.567. The second-order valence-corrected chi connectivity index (χ2v) is 3.49. The summed E-state index contributed by atoms with van der Waals surface area (Å²) in [6, 6.07) is 9.64. The third-order valence-corrected chi connectivity index (χ3v) is 2.53. The lowest BCUT2D eigenvalue weighted by Gasteiger charge is -2.18. The van der Waals surface area contributed by atoms with Crippen molar-refractivity contribution in [2.75, 3.05) is 0 Å². The number of hydrogen-bond donors (Lipinski definition) is 0. The Morgan fingerprint density at radius 3 is 2.38 bits per heavy atom. The zero-order chi connectivity index (χ0) is 9.10. The number of para-hydroxylation sites is 1. The lowest BCUT2D eigenvalue weighted by molar-refractivity contribution is 0.438. The summed E-state index contributed by atoms with van der Waals surface area (Å²) < 4.78 is 5.46. The quantitative estimate of drug-likeness (QED) is 0.653. The molecule has 2 rings (SSSR count). The van der Waals surface area contributed by atoms with Crippen molar-refractivity contribution in [3.05, 3.63) is 41.1 Å². The van der Waals surface area contributed by atoms with Crippen molar-refractivity contribution in [3.8, 4) is 5.75 Å². The Hall–Kier alpha value is -0.950. The van der Waals surface area contributed by atoms with Gasteiger partial charge in [0.1, 0.15) is 5.75 Å². The molecule has 1 aromatic rings. The van der Waals surface area contributed by atoms with E-state index >= 15 is 0 Å². The van der Waals surface area contributed by atoms with Crippen LogP contribution in [0, 0.1) is 0 Å². The molecule has 0 atom stereocenters. The number of benzene rings is 1. The van der Waals surface area contributed by atoms with Crippen molar-refractivity contribution in [1.82, 2.24) is 0 Å². The van der Waals surface area contributed by atoms with E-state index in [0.717, 1.165) is 18.6 Å². The Labute approximate surface area is 83.0 Å². The summed E-state index contributed by atoms with van der Waals surface area (Å²) in [6.07, 6.45) is 3.42. The van der Waals surface area contributed by atoms with E-state index in [1.807, 2.05) is 30.3 Å². The Kier molecular flexibility index (Phi) is 2.55. The smallest absolute Gasteiger partial charge is 0.192 e. The molecule has 0 radical (unpaired) electrons. The van der Waals surface area contributed by atoms with Gasteiger partial charge in [0.05, 0.1) is 0 Å². The van der Waals surface area contributed by atoms with E-state index in [1.54, 1.807) is 0 Å². The molecule has 0 amide bonds. The molecule has 0 heterocycles. The highest BCUT2D eigenvalue weighted by Gasteiger charge is 2.14. The normalized spacial score (nSPS) is 15.0. The molecule has 0 saturated heterocycles. The molecule has 1 aliphatic carbocycles. The molecule has 2 heteroatoms. The van der Waals surface area contributed by atoms with Crippen LogP contribution in [0.25, 0.3) is 0 Å². The Morgan fingerprint density at radius 1 is 1.15 bits per heavy atom. The molecular formula is C11H11ClO. The van der Waals surface area contributed by atoms with Gasteiger partial charge in [0.15, 0.2) is 5.22 Å². The first-order valence-corrected chi connectivity index (χ1v) is 4.84. The van der Waals surface area contributed by atoms with E-state index < -0.39 is 0 Å². The van der Waals surface area contributed by atoms with Crippen LogP contribution in [-0.2, 0) is 0 Å². The Morgan fingerprint density at radius 2 is 1.85 bits per heavy atom. The number of ether oxygens (including phenoxy) is 1. The van der Waals surface area contributed by atoms with Crippen LogP contribution in [0.5, 0.6) is 5.75 Å². The highest BCUT2D eigenvalue weighted by atomic mass is 35.5. The maximum absolute atomic E-state index is 5.97. The van der Waals surface area contributed by atoms with Gasteiger partial charge >= 0.3 is 0 Å². The van der Waals surface area contributed by atoms with Gasteiger partial charge in [0.25, 0.3) is 0 Å². The summed E-state index contributed by atoms with van der Waals surface area (Å²) in [5.74, 6) is 0.812. The van der Waals surface area contributed by atoms with Crippen molar-refractivity contribution in [3.63, 3.8) is 0 Å². The number of allylic oxidation sites excluding steroid dienone is 1. The van der Waals surface area contributed by atoms with Crippen LogP contribution in [-0.4, -0.2) is 0 Å². The first kappa shape index (κ1) is 8.64. The first-order valence-electron chi connectivity index (χ1n) is 4.47. The standard InChI is InChI=1S/C11H11ClO/c12-11(9-5-4-6-9)13-10-7-2-1-3-8-10/h1-3,7-8H,4-6H2. The van der Waals surface area contributed by atoms with Crippen LogP contribution in [0.4, 0.5) is 0 Å². The van der Waals surface area contributed by atoms with Crippen molar-refractivity contribution >= 4 is 11.6 Å². The maximum atomic E-state index is 5.97. The van der Waals surface area contributed by atoms with E-state index in [4.69, 9.17) is 16.3 Å². The zero-order valence-corrected chi connectivity index (χ0v) is 8.05. The topological polar surface area (TPSA) is 9.23 Å². The summed E-state index contributed by atoms with van der Waals surface area (Å²) >= 11 is 5.97. The monoisotopic (exact) mass is 194 g/mol. The molecule has 68 valence electrons. The van der Waals surface area contributed by atoms with Gasteiger partial charge in [-0.3, -0.25) is 0 Å². The number of halogens is 1. The van der Waals surface area contributed by atoms with Crippen LogP contribution in [0.2, 0.25) is 0 Å².